The summed E-state index contributed by atoms with van der Waals surface area (Å²) >= 11 is 0. The molecule has 2 aliphatic rings. The Hall–Kier alpha value is -2.80. The molecule has 2 aromatic heterocycles. The molecule has 0 atom stereocenters. The molecular weight excluding hydrogens is 390 g/mol. The Morgan fingerprint density at radius 2 is 1.83 bits per heavy atom. The summed E-state index contributed by atoms with van der Waals surface area (Å²) in [6, 6.07) is 3.57. The second-order valence-corrected chi connectivity index (χ2v) is 9.74. The van der Waals surface area contributed by atoms with E-state index in [1.165, 1.54) is 31.7 Å². The Morgan fingerprint density at radius 3 is 2.48 bits per heavy atom. The first-order chi connectivity index (χ1) is 14.1. The van der Waals surface area contributed by atoms with Crippen LogP contribution in [0.4, 0.5) is 17.3 Å². The average Bonchev–Trinajstić information content (AvgIpc) is 3.60. The quantitative estimate of drug-likeness (QED) is 0.702. The molecule has 0 aromatic carbocycles. The van der Waals surface area contributed by atoms with Gasteiger partial charge < -0.3 is 10.6 Å². The predicted molar refractivity (Wildman–Crippen MR) is 107 cm³/mol. The van der Waals surface area contributed by atoms with Crippen molar-refractivity contribution in [3.05, 3.63) is 24.2 Å². The lowest BCUT2D eigenvalue weighted by atomic mass is 9.89. The van der Waals surface area contributed by atoms with Crippen molar-refractivity contribution in [2.24, 2.45) is 5.92 Å². The highest BCUT2D eigenvalue weighted by atomic mass is 32.2. The molecule has 2 saturated carbocycles. The molecule has 2 N–H and O–H groups in total. The van der Waals surface area contributed by atoms with Crippen LogP contribution in [0.2, 0.25) is 0 Å². The molecule has 0 spiro atoms. The van der Waals surface area contributed by atoms with Gasteiger partial charge in [0.15, 0.2) is 11.5 Å². The molecule has 0 saturated heterocycles. The Morgan fingerprint density at radius 1 is 1.03 bits per heavy atom. The van der Waals surface area contributed by atoms with Gasteiger partial charge in [0, 0.05) is 12.6 Å². The maximum absolute atomic E-state index is 12.8. The number of nitrogens with zero attached hydrogens (tertiary/aromatic N) is 5. The fourth-order valence-corrected chi connectivity index (χ4v) is 5.21. The summed E-state index contributed by atoms with van der Waals surface area (Å²) in [5, 5.41) is 22.8. The lowest BCUT2D eigenvalue weighted by molar-refractivity contribution is 0.373. The van der Waals surface area contributed by atoms with Crippen LogP contribution in [0.5, 0.6) is 0 Å². The summed E-state index contributed by atoms with van der Waals surface area (Å²) in [7, 11) is -3.48. The minimum Gasteiger partial charge on any atom is -0.382 e. The highest BCUT2D eigenvalue weighted by Gasteiger charge is 2.40. The van der Waals surface area contributed by atoms with E-state index >= 15 is 0 Å². The van der Waals surface area contributed by atoms with E-state index in [9.17, 15) is 8.42 Å². The van der Waals surface area contributed by atoms with Crippen LogP contribution >= 0.6 is 0 Å². The monoisotopic (exact) mass is 413 g/mol. The second kappa shape index (κ2) is 8.29. The van der Waals surface area contributed by atoms with Crippen LogP contribution in [-0.4, -0.2) is 40.4 Å². The van der Waals surface area contributed by atoms with Gasteiger partial charge in [0.1, 0.15) is 11.9 Å². The normalized spacial score (nSPS) is 17.5. The summed E-state index contributed by atoms with van der Waals surface area (Å²) in [6.07, 6.45) is 10.1. The Bertz CT molecular complexity index is 1010. The first-order valence-electron chi connectivity index (χ1n) is 9.91. The van der Waals surface area contributed by atoms with Crippen molar-refractivity contribution in [2.45, 2.75) is 55.2 Å². The van der Waals surface area contributed by atoms with E-state index in [2.05, 4.69) is 30.8 Å². The fourth-order valence-electron chi connectivity index (χ4n) is 3.54. The van der Waals surface area contributed by atoms with Crippen molar-refractivity contribution in [2.75, 3.05) is 17.2 Å². The molecule has 29 heavy (non-hydrogen) atoms. The van der Waals surface area contributed by atoms with Gasteiger partial charge in [-0.05, 0) is 31.6 Å². The van der Waals surface area contributed by atoms with E-state index in [1.54, 1.807) is 6.07 Å². The summed E-state index contributed by atoms with van der Waals surface area (Å²) in [5.41, 5.74) is 0.684. The van der Waals surface area contributed by atoms with Gasteiger partial charge >= 0.3 is 0 Å². The molecule has 0 amide bonds. The number of anilines is 3. The van der Waals surface area contributed by atoms with Gasteiger partial charge in [-0.2, -0.15) is 5.26 Å². The van der Waals surface area contributed by atoms with E-state index in [-0.39, 0.29) is 16.0 Å². The van der Waals surface area contributed by atoms with Gasteiger partial charge in [0.05, 0.1) is 23.3 Å². The smallest absolute Gasteiger partial charge is 0.202 e. The highest BCUT2D eigenvalue weighted by molar-refractivity contribution is 7.92. The van der Waals surface area contributed by atoms with Crippen molar-refractivity contribution in [3.63, 3.8) is 0 Å². The van der Waals surface area contributed by atoms with Crippen molar-refractivity contribution in [3.8, 4) is 6.07 Å². The van der Waals surface area contributed by atoms with Crippen LogP contribution in [0, 0.1) is 17.2 Å². The number of hydrogen-bond donors (Lipinski definition) is 2. The maximum atomic E-state index is 12.8. The van der Waals surface area contributed by atoms with Crippen molar-refractivity contribution in [1.29, 1.82) is 5.26 Å². The lowest BCUT2D eigenvalue weighted by Crippen LogP contribution is -2.20. The highest BCUT2D eigenvalue weighted by Crippen LogP contribution is 2.36. The first kappa shape index (κ1) is 19.5. The number of hydrogen-bond acceptors (Lipinski definition) is 9. The molecule has 0 unspecified atom stereocenters. The number of sulfone groups is 1. The summed E-state index contributed by atoms with van der Waals surface area (Å²) < 4.78 is 25.6. The zero-order valence-corrected chi connectivity index (χ0v) is 16.8. The third kappa shape index (κ3) is 4.62. The first-order valence-corrected chi connectivity index (χ1v) is 11.5. The molecule has 0 aliphatic heterocycles. The number of aromatic nitrogens is 4. The molecule has 2 aromatic rings. The van der Waals surface area contributed by atoms with Crippen LogP contribution in [0.1, 0.15) is 50.6 Å². The third-order valence-corrected chi connectivity index (χ3v) is 7.51. The Kier molecular flexibility index (Phi) is 5.58. The van der Waals surface area contributed by atoms with Gasteiger partial charge in [-0.15, -0.1) is 10.2 Å². The minimum absolute atomic E-state index is 0.0206. The predicted octanol–water partition coefficient (Wildman–Crippen LogP) is 2.81. The zero-order valence-electron chi connectivity index (χ0n) is 16.0. The van der Waals surface area contributed by atoms with Crippen molar-refractivity contribution < 1.29 is 8.42 Å². The average molecular weight is 414 g/mol. The molecule has 0 radical (unpaired) electrons. The molecule has 0 bridgehead atoms. The van der Waals surface area contributed by atoms with Gasteiger partial charge in [-0.25, -0.2) is 18.4 Å². The number of nitrogens with one attached hydrogen (secondary N) is 2. The third-order valence-electron chi connectivity index (χ3n) is 5.32. The standard InChI is InChI=1S/C19H23N7O2S/c20-9-14-11-23-18(12-21-14)24-17-8-16(22-10-13-4-2-1-3-5-13)19(26-25-17)29(27,28)15-6-7-15/h8,11-13,15H,1-7,10H2,(H2,22,23,24,25). The van der Waals surface area contributed by atoms with Crippen LogP contribution in [0.25, 0.3) is 0 Å². The van der Waals surface area contributed by atoms with Gasteiger partial charge in [-0.3, -0.25) is 0 Å². The molecule has 2 heterocycles. The topological polar surface area (TPSA) is 134 Å². The van der Waals surface area contributed by atoms with Gasteiger partial charge in [-0.1, -0.05) is 19.3 Å². The number of nitriles is 1. The Labute approximate surface area is 169 Å². The van der Waals surface area contributed by atoms with E-state index in [0.29, 0.717) is 36.1 Å². The molecule has 10 heteroatoms. The largest absolute Gasteiger partial charge is 0.382 e. The van der Waals surface area contributed by atoms with Crippen molar-refractivity contribution >= 4 is 27.2 Å². The van der Waals surface area contributed by atoms with Gasteiger partial charge in [0.25, 0.3) is 0 Å². The minimum atomic E-state index is -3.48. The van der Waals surface area contributed by atoms with E-state index in [0.717, 1.165) is 19.4 Å². The fraction of sp³-hybridized carbons (Fsp3) is 0.526. The van der Waals surface area contributed by atoms with Crippen LogP contribution in [-0.2, 0) is 9.84 Å². The zero-order chi connectivity index (χ0) is 20.3. The SMILES string of the molecule is N#Cc1cnc(Nc2cc(NCC3CCCCC3)c(S(=O)(=O)C3CC3)nn2)cn1. The summed E-state index contributed by atoms with van der Waals surface area (Å²) in [5.74, 6) is 1.30. The Balaban J connectivity index is 1.57. The molecule has 4 rings (SSSR count). The van der Waals surface area contributed by atoms with Gasteiger partial charge in [0.2, 0.25) is 14.9 Å². The van der Waals surface area contributed by atoms with Crippen LogP contribution in [0.15, 0.2) is 23.5 Å². The van der Waals surface area contributed by atoms with E-state index < -0.39 is 9.84 Å². The molecule has 152 valence electrons. The molecule has 9 nitrogen and oxygen atoms in total. The van der Waals surface area contributed by atoms with E-state index in [4.69, 9.17) is 5.26 Å². The maximum Gasteiger partial charge on any atom is 0.202 e. The lowest BCUT2D eigenvalue weighted by Gasteiger charge is -2.23. The van der Waals surface area contributed by atoms with Crippen LogP contribution < -0.4 is 10.6 Å². The second-order valence-electron chi connectivity index (χ2n) is 7.60. The van der Waals surface area contributed by atoms with Crippen molar-refractivity contribution in [1.82, 2.24) is 20.2 Å². The van der Waals surface area contributed by atoms with Crippen LogP contribution in [0.3, 0.4) is 0 Å². The number of rotatable bonds is 7. The summed E-state index contributed by atoms with van der Waals surface area (Å²) in [6.45, 7) is 0.717. The molecular formula is C19H23N7O2S. The summed E-state index contributed by atoms with van der Waals surface area (Å²) in [4.78, 5) is 8.06. The molecule has 2 fully saturated rings. The van der Waals surface area contributed by atoms with E-state index in [1.807, 2.05) is 6.07 Å². The molecule has 2 aliphatic carbocycles.